The largest absolute Gasteiger partial charge is 0.481 e. The van der Waals surface area contributed by atoms with E-state index in [4.69, 9.17) is 10.2 Å². The minimum atomic E-state index is -0.790. The summed E-state index contributed by atoms with van der Waals surface area (Å²) in [6, 6.07) is 0.0229. The van der Waals surface area contributed by atoms with Gasteiger partial charge in [-0.3, -0.25) is 9.69 Å². The Morgan fingerprint density at radius 1 is 1.14 bits per heavy atom. The molecular weight excluding hydrogens is 274 g/mol. The van der Waals surface area contributed by atoms with Gasteiger partial charge in [0.2, 0.25) is 0 Å². The molecule has 7 nitrogen and oxygen atoms in total. The Hall–Kier alpha value is -1.34. The van der Waals surface area contributed by atoms with Crippen molar-refractivity contribution in [2.75, 3.05) is 52.4 Å². The number of carbonyl (C=O) groups excluding carboxylic acids is 1. The Morgan fingerprint density at radius 2 is 1.86 bits per heavy atom. The standard InChI is InChI=1S/C14H25N3O4/c1-11(13(19)20)12-9-17(10-12)14(21)16-4-2-3-15(5-6-16)7-8-18/h11-12,18H,2-10H2,1H3,(H,19,20). The van der Waals surface area contributed by atoms with Gasteiger partial charge in [0.1, 0.15) is 0 Å². The fraction of sp³-hybridized carbons (Fsp3) is 0.857. The monoisotopic (exact) mass is 299 g/mol. The number of carbonyl (C=O) groups is 2. The molecule has 2 rings (SSSR count). The minimum Gasteiger partial charge on any atom is -0.481 e. The van der Waals surface area contributed by atoms with Gasteiger partial charge in [-0.15, -0.1) is 0 Å². The number of amides is 2. The van der Waals surface area contributed by atoms with Crippen LogP contribution in [0.4, 0.5) is 4.79 Å². The van der Waals surface area contributed by atoms with Crippen LogP contribution in [0.3, 0.4) is 0 Å². The Kier molecular flexibility index (Phi) is 5.41. The van der Waals surface area contributed by atoms with Crippen LogP contribution >= 0.6 is 0 Å². The molecule has 0 aromatic heterocycles. The van der Waals surface area contributed by atoms with Crippen molar-refractivity contribution in [1.82, 2.24) is 14.7 Å². The van der Waals surface area contributed by atoms with Crippen LogP contribution < -0.4 is 0 Å². The molecule has 2 fully saturated rings. The number of hydrogen-bond donors (Lipinski definition) is 2. The quantitative estimate of drug-likeness (QED) is 0.748. The van der Waals surface area contributed by atoms with Gasteiger partial charge >= 0.3 is 12.0 Å². The summed E-state index contributed by atoms with van der Waals surface area (Å²) in [7, 11) is 0. The predicted octanol–water partition coefficient (Wildman–Crippen LogP) is -0.241. The highest BCUT2D eigenvalue weighted by atomic mass is 16.4. The third-order valence-corrected chi connectivity index (χ3v) is 4.55. The average Bonchev–Trinajstić information content (AvgIpc) is 2.62. The smallest absolute Gasteiger partial charge is 0.320 e. The number of aliphatic hydroxyl groups excluding tert-OH is 1. The first-order chi connectivity index (χ1) is 10.0. The molecule has 0 saturated carbocycles. The zero-order chi connectivity index (χ0) is 15.4. The highest BCUT2D eigenvalue weighted by Crippen LogP contribution is 2.25. The van der Waals surface area contributed by atoms with Crippen LogP contribution in [0.15, 0.2) is 0 Å². The molecule has 7 heteroatoms. The fourth-order valence-electron chi connectivity index (χ4n) is 2.91. The third-order valence-electron chi connectivity index (χ3n) is 4.55. The Labute approximate surface area is 125 Å². The van der Waals surface area contributed by atoms with Crippen LogP contribution in [-0.4, -0.2) is 89.3 Å². The normalized spacial score (nSPS) is 22.6. The fourth-order valence-corrected chi connectivity index (χ4v) is 2.91. The van der Waals surface area contributed by atoms with Gasteiger partial charge in [-0.25, -0.2) is 4.79 Å². The van der Waals surface area contributed by atoms with Crippen molar-refractivity contribution in [2.45, 2.75) is 13.3 Å². The lowest BCUT2D eigenvalue weighted by molar-refractivity contribution is -0.144. The second kappa shape index (κ2) is 7.09. The number of aliphatic hydroxyl groups is 1. The third kappa shape index (κ3) is 3.85. The first kappa shape index (κ1) is 16.0. The molecule has 2 aliphatic rings. The number of likely N-dealkylation sites (tertiary alicyclic amines) is 1. The Bertz CT molecular complexity index is 384. The predicted molar refractivity (Wildman–Crippen MR) is 77.0 cm³/mol. The van der Waals surface area contributed by atoms with Gasteiger partial charge in [0.05, 0.1) is 12.5 Å². The number of rotatable bonds is 4. The number of β-amino-alcohol motifs (C(OH)–C–C–N with tert-alkyl or cyclic N) is 1. The van der Waals surface area contributed by atoms with Crippen molar-refractivity contribution in [1.29, 1.82) is 0 Å². The maximum Gasteiger partial charge on any atom is 0.320 e. The molecule has 0 aliphatic carbocycles. The molecule has 0 aromatic carbocycles. The van der Waals surface area contributed by atoms with Gasteiger partial charge < -0.3 is 20.0 Å². The van der Waals surface area contributed by atoms with E-state index in [0.717, 1.165) is 26.1 Å². The Balaban J connectivity index is 1.78. The van der Waals surface area contributed by atoms with E-state index >= 15 is 0 Å². The van der Waals surface area contributed by atoms with Crippen LogP contribution in [0.2, 0.25) is 0 Å². The Morgan fingerprint density at radius 3 is 2.48 bits per heavy atom. The molecule has 0 bridgehead atoms. The van der Waals surface area contributed by atoms with E-state index in [1.807, 2.05) is 4.90 Å². The molecular formula is C14H25N3O4. The molecule has 2 aliphatic heterocycles. The highest BCUT2D eigenvalue weighted by molar-refractivity contribution is 5.76. The van der Waals surface area contributed by atoms with E-state index in [1.165, 1.54) is 0 Å². The molecule has 1 unspecified atom stereocenters. The number of nitrogens with zero attached hydrogens (tertiary/aromatic N) is 3. The maximum absolute atomic E-state index is 12.4. The van der Waals surface area contributed by atoms with E-state index in [1.54, 1.807) is 11.8 Å². The van der Waals surface area contributed by atoms with Gasteiger partial charge in [-0.1, -0.05) is 6.92 Å². The molecule has 0 radical (unpaired) electrons. The molecule has 2 saturated heterocycles. The number of urea groups is 1. The van der Waals surface area contributed by atoms with Crippen molar-refractivity contribution in [3.05, 3.63) is 0 Å². The lowest BCUT2D eigenvalue weighted by Crippen LogP contribution is -2.57. The molecule has 2 amide bonds. The van der Waals surface area contributed by atoms with Gasteiger partial charge in [0.25, 0.3) is 0 Å². The topological polar surface area (TPSA) is 84.3 Å². The van der Waals surface area contributed by atoms with Crippen LogP contribution in [0.5, 0.6) is 0 Å². The van der Waals surface area contributed by atoms with Crippen molar-refractivity contribution in [2.24, 2.45) is 11.8 Å². The molecule has 2 heterocycles. The molecule has 120 valence electrons. The summed E-state index contributed by atoms with van der Waals surface area (Å²) in [6.07, 6.45) is 0.911. The molecule has 0 spiro atoms. The summed E-state index contributed by atoms with van der Waals surface area (Å²) < 4.78 is 0. The SMILES string of the molecule is CC(C(=O)O)C1CN(C(=O)N2CCCN(CCO)CC2)C1. The number of aliphatic carboxylic acids is 1. The molecule has 1 atom stereocenters. The summed E-state index contributed by atoms with van der Waals surface area (Å²) in [5, 5.41) is 17.9. The lowest BCUT2D eigenvalue weighted by atomic mass is 9.87. The van der Waals surface area contributed by atoms with E-state index < -0.39 is 11.9 Å². The summed E-state index contributed by atoms with van der Waals surface area (Å²) >= 11 is 0. The maximum atomic E-state index is 12.4. The van der Waals surface area contributed by atoms with Gasteiger partial charge in [0, 0.05) is 45.2 Å². The van der Waals surface area contributed by atoms with E-state index in [9.17, 15) is 9.59 Å². The number of carboxylic acid groups (broad SMARTS) is 1. The molecule has 21 heavy (non-hydrogen) atoms. The summed E-state index contributed by atoms with van der Waals surface area (Å²) in [4.78, 5) is 29.0. The first-order valence-electron chi connectivity index (χ1n) is 7.62. The van der Waals surface area contributed by atoms with Gasteiger partial charge in [-0.2, -0.15) is 0 Å². The van der Waals surface area contributed by atoms with Crippen LogP contribution in [-0.2, 0) is 4.79 Å². The van der Waals surface area contributed by atoms with Crippen molar-refractivity contribution in [3.8, 4) is 0 Å². The summed E-state index contributed by atoms with van der Waals surface area (Å²) in [5.74, 6) is -1.11. The second-order valence-electron chi connectivity index (χ2n) is 5.98. The van der Waals surface area contributed by atoms with E-state index in [0.29, 0.717) is 26.2 Å². The zero-order valence-electron chi connectivity index (χ0n) is 12.6. The molecule has 0 aromatic rings. The van der Waals surface area contributed by atoms with E-state index in [2.05, 4.69) is 4.90 Å². The zero-order valence-corrected chi connectivity index (χ0v) is 12.6. The van der Waals surface area contributed by atoms with Crippen LogP contribution in [0, 0.1) is 11.8 Å². The summed E-state index contributed by atoms with van der Waals surface area (Å²) in [6.45, 7) is 6.70. The number of hydrogen-bond acceptors (Lipinski definition) is 4. The lowest BCUT2D eigenvalue weighted by Gasteiger charge is -2.43. The minimum absolute atomic E-state index is 0.0229. The van der Waals surface area contributed by atoms with Crippen LogP contribution in [0.1, 0.15) is 13.3 Å². The average molecular weight is 299 g/mol. The summed E-state index contributed by atoms with van der Waals surface area (Å²) in [5.41, 5.74) is 0. The number of carboxylic acids is 1. The highest BCUT2D eigenvalue weighted by Gasteiger charge is 2.38. The van der Waals surface area contributed by atoms with Crippen molar-refractivity contribution < 1.29 is 19.8 Å². The first-order valence-corrected chi connectivity index (χ1v) is 7.62. The second-order valence-corrected chi connectivity index (χ2v) is 5.98. The van der Waals surface area contributed by atoms with E-state index in [-0.39, 0.29) is 18.6 Å². The van der Waals surface area contributed by atoms with Crippen molar-refractivity contribution >= 4 is 12.0 Å². The molecule has 2 N–H and O–H groups in total. The van der Waals surface area contributed by atoms with Gasteiger partial charge in [-0.05, 0) is 13.0 Å². The van der Waals surface area contributed by atoms with Crippen LogP contribution in [0.25, 0.3) is 0 Å². The van der Waals surface area contributed by atoms with Gasteiger partial charge in [0.15, 0.2) is 0 Å². The van der Waals surface area contributed by atoms with Crippen molar-refractivity contribution in [3.63, 3.8) is 0 Å².